The van der Waals surface area contributed by atoms with Gasteiger partial charge in [-0.05, 0) is 78.7 Å². The Morgan fingerprint density at radius 1 is 0.750 bits per heavy atom. The maximum absolute atomic E-state index is 14.1. The summed E-state index contributed by atoms with van der Waals surface area (Å²) in [5, 5.41) is 0. The number of hydrogen-bond acceptors (Lipinski definition) is 3. The molecule has 48 heavy (non-hydrogen) atoms. The average Bonchev–Trinajstić information content (AvgIpc) is 3.12. The quantitative estimate of drug-likeness (QED) is 0.162. The van der Waals surface area contributed by atoms with Gasteiger partial charge >= 0.3 is 6.18 Å². The third-order valence-electron chi connectivity index (χ3n) is 10.1. The van der Waals surface area contributed by atoms with E-state index < -0.39 is 11.7 Å². The van der Waals surface area contributed by atoms with Crippen molar-refractivity contribution in [2.45, 2.75) is 57.2 Å². The molecule has 0 unspecified atom stereocenters. The normalized spacial score (nSPS) is 16.3. The molecule has 0 N–H and O–H groups in total. The van der Waals surface area contributed by atoms with Crippen LogP contribution in [0.25, 0.3) is 0 Å². The van der Waals surface area contributed by atoms with E-state index in [2.05, 4.69) is 76.5 Å². The van der Waals surface area contributed by atoms with Gasteiger partial charge in [-0.1, -0.05) is 98.1 Å². The molecule has 252 valence electrons. The van der Waals surface area contributed by atoms with Crippen LogP contribution < -0.4 is 4.90 Å². The van der Waals surface area contributed by atoms with Gasteiger partial charge < -0.3 is 9.80 Å². The number of rotatable bonds is 11. The minimum Gasteiger partial charge on any atom is -0.369 e. The highest BCUT2D eigenvalue weighted by molar-refractivity contribution is 5.95. The molecule has 6 rings (SSSR count). The first-order valence-electron chi connectivity index (χ1n) is 17.5. The van der Waals surface area contributed by atoms with Crippen molar-refractivity contribution in [1.29, 1.82) is 0 Å². The van der Waals surface area contributed by atoms with Crippen molar-refractivity contribution < 1.29 is 18.0 Å². The van der Waals surface area contributed by atoms with E-state index in [0.29, 0.717) is 29.5 Å². The molecule has 7 heteroatoms. The second kappa shape index (κ2) is 15.9. The molecule has 0 atom stereocenters. The van der Waals surface area contributed by atoms with Crippen LogP contribution in [0.15, 0.2) is 109 Å². The van der Waals surface area contributed by atoms with Crippen LogP contribution >= 0.6 is 0 Å². The molecule has 0 bridgehead atoms. The monoisotopic (exact) mass is 653 g/mol. The SMILES string of the molecule is O=C(c1cccc(N2CCN(CCC(c3ccccc3)c3ccccc3)CC2)c1)N(Cc1cccc(C(F)(F)F)c1)CC1CCCCC1. The van der Waals surface area contributed by atoms with Crippen molar-refractivity contribution in [3.63, 3.8) is 0 Å². The van der Waals surface area contributed by atoms with Crippen LogP contribution in [0.2, 0.25) is 0 Å². The van der Waals surface area contributed by atoms with E-state index in [-0.39, 0.29) is 12.5 Å². The first kappa shape index (κ1) is 33.8. The predicted octanol–water partition coefficient (Wildman–Crippen LogP) is 9.27. The maximum atomic E-state index is 14.1. The molecule has 0 aromatic heterocycles. The topological polar surface area (TPSA) is 26.8 Å². The number of halogens is 3. The Hall–Kier alpha value is -4.10. The van der Waals surface area contributed by atoms with E-state index in [0.717, 1.165) is 76.6 Å². The van der Waals surface area contributed by atoms with Crippen LogP contribution in [0.5, 0.6) is 0 Å². The highest BCUT2D eigenvalue weighted by Gasteiger charge is 2.31. The summed E-state index contributed by atoms with van der Waals surface area (Å²) in [6.45, 7) is 5.35. The van der Waals surface area contributed by atoms with Gasteiger partial charge in [-0.15, -0.1) is 0 Å². The molecular weight excluding hydrogens is 607 g/mol. The molecule has 2 aliphatic rings. The van der Waals surface area contributed by atoms with Crippen molar-refractivity contribution in [3.8, 4) is 0 Å². The molecule has 2 fully saturated rings. The number of carbonyl (C=O) groups is 1. The second-order valence-electron chi connectivity index (χ2n) is 13.4. The van der Waals surface area contributed by atoms with Crippen LogP contribution in [-0.4, -0.2) is 55.0 Å². The standard InChI is InChI=1S/C41H46F3N3O/c42-41(43,44)37-20-10-14-33(28-37)31-47(30-32-12-4-1-5-13-32)40(48)36-19-11-21-38(29-36)46-26-24-45(25-27-46)23-22-39(34-15-6-2-7-16-34)35-17-8-3-9-18-35/h2-3,6-11,14-21,28-29,32,39H,1,4-5,12-13,22-27,30-31H2. The van der Waals surface area contributed by atoms with E-state index in [4.69, 9.17) is 0 Å². The van der Waals surface area contributed by atoms with E-state index in [1.165, 1.54) is 29.7 Å². The molecule has 4 nitrogen and oxygen atoms in total. The first-order chi connectivity index (χ1) is 23.3. The molecule has 0 spiro atoms. The van der Waals surface area contributed by atoms with E-state index in [9.17, 15) is 18.0 Å². The summed E-state index contributed by atoms with van der Waals surface area (Å²) in [5.74, 6) is 0.597. The van der Waals surface area contributed by atoms with Crippen molar-refractivity contribution in [3.05, 3.63) is 137 Å². The van der Waals surface area contributed by atoms with Gasteiger partial charge in [0.15, 0.2) is 0 Å². The Morgan fingerprint density at radius 2 is 1.40 bits per heavy atom. The van der Waals surface area contributed by atoms with Gasteiger partial charge in [0, 0.05) is 56.4 Å². The van der Waals surface area contributed by atoms with E-state index >= 15 is 0 Å². The molecule has 1 aliphatic heterocycles. The molecule has 1 saturated heterocycles. The maximum Gasteiger partial charge on any atom is 0.416 e. The summed E-state index contributed by atoms with van der Waals surface area (Å²) in [6.07, 6.45) is 2.20. The smallest absolute Gasteiger partial charge is 0.369 e. The number of piperazine rings is 1. The number of benzene rings is 4. The molecule has 0 radical (unpaired) electrons. The summed E-state index contributed by atoms with van der Waals surface area (Å²) in [4.78, 5) is 20.7. The molecule has 4 aromatic rings. The van der Waals surface area contributed by atoms with Crippen LogP contribution in [0.3, 0.4) is 0 Å². The van der Waals surface area contributed by atoms with E-state index in [1.807, 2.05) is 18.2 Å². The predicted molar refractivity (Wildman–Crippen MR) is 187 cm³/mol. The minimum absolute atomic E-state index is 0.119. The zero-order chi connectivity index (χ0) is 33.3. The zero-order valence-corrected chi connectivity index (χ0v) is 27.6. The summed E-state index contributed by atoms with van der Waals surface area (Å²) in [7, 11) is 0. The lowest BCUT2D eigenvalue weighted by Crippen LogP contribution is -2.47. The molecule has 4 aromatic carbocycles. The van der Waals surface area contributed by atoms with E-state index in [1.54, 1.807) is 11.0 Å². The van der Waals surface area contributed by atoms with Crippen LogP contribution in [-0.2, 0) is 12.7 Å². The number of anilines is 1. The summed E-state index contributed by atoms with van der Waals surface area (Å²) in [5.41, 5.74) is 4.11. The third kappa shape index (κ3) is 8.87. The highest BCUT2D eigenvalue weighted by Crippen LogP contribution is 2.32. The van der Waals surface area contributed by atoms with Crippen LogP contribution in [0.4, 0.5) is 18.9 Å². The molecule has 1 heterocycles. The van der Waals surface area contributed by atoms with Gasteiger partial charge in [-0.3, -0.25) is 9.69 Å². The summed E-state index contributed by atoms with van der Waals surface area (Å²) >= 11 is 0. The summed E-state index contributed by atoms with van der Waals surface area (Å²) < 4.78 is 40.4. The Morgan fingerprint density at radius 3 is 2.04 bits per heavy atom. The zero-order valence-electron chi connectivity index (χ0n) is 27.6. The lowest BCUT2D eigenvalue weighted by molar-refractivity contribution is -0.137. The first-order valence-corrected chi connectivity index (χ1v) is 17.5. The Kier molecular flexibility index (Phi) is 11.2. The fraction of sp³-hybridized carbons (Fsp3) is 0.390. The largest absolute Gasteiger partial charge is 0.416 e. The van der Waals surface area contributed by atoms with Crippen molar-refractivity contribution in [2.24, 2.45) is 5.92 Å². The Labute approximate surface area is 283 Å². The van der Waals surface area contributed by atoms with Crippen LogP contribution in [0, 0.1) is 5.92 Å². The molecule has 1 saturated carbocycles. The molecule has 1 aliphatic carbocycles. The van der Waals surface area contributed by atoms with Gasteiger partial charge in [-0.25, -0.2) is 0 Å². The number of hydrogen-bond donors (Lipinski definition) is 0. The Balaban J connectivity index is 1.11. The third-order valence-corrected chi connectivity index (χ3v) is 10.1. The van der Waals surface area contributed by atoms with Crippen molar-refractivity contribution in [1.82, 2.24) is 9.80 Å². The number of alkyl halides is 3. The highest BCUT2D eigenvalue weighted by atomic mass is 19.4. The number of amides is 1. The number of nitrogens with zero attached hydrogens (tertiary/aromatic N) is 3. The van der Waals surface area contributed by atoms with Gasteiger partial charge in [0.2, 0.25) is 0 Å². The fourth-order valence-electron chi connectivity index (χ4n) is 7.42. The average molecular weight is 654 g/mol. The lowest BCUT2D eigenvalue weighted by Gasteiger charge is -2.37. The van der Waals surface area contributed by atoms with Gasteiger partial charge in [-0.2, -0.15) is 13.2 Å². The fourth-order valence-corrected chi connectivity index (χ4v) is 7.42. The molecule has 1 amide bonds. The minimum atomic E-state index is -4.42. The van der Waals surface area contributed by atoms with Crippen molar-refractivity contribution >= 4 is 11.6 Å². The number of carbonyl (C=O) groups excluding carboxylic acids is 1. The Bertz CT molecular complexity index is 1560. The van der Waals surface area contributed by atoms with Crippen molar-refractivity contribution in [2.75, 3.05) is 44.2 Å². The second-order valence-corrected chi connectivity index (χ2v) is 13.4. The molecular formula is C41H46F3N3O. The van der Waals surface area contributed by atoms with Gasteiger partial charge in [0.05, 0.1) is 5.56 Å². The lowest BCUT2D eigenvalue weighted by atomic mass is 9.88. The van der Waals surface area contributed by atoms with Crippen LogP contribution in [0.1, 0.15) is 77.1 Å². The van der Waals surface area contributed by atoms with Gasteiger partial charge in [0.25, 0.3) is 5.91 Å². The summed E-state index contributed by atoms with van der Waals surface area (Å²) in [6, 6.07) is 34.7. The van der Waals surface area contributed by atoms with Gasteiger partial charge in [0.1, 0.15) is 0 Å².